The van der Waals surface area contributed by atoms with Crippen LogP contribution < -0.4 is 10.6 Å². The van der Waals surface area contributed by atoms with Gasteiger partial charge in [0.05, 0.1) is 23.1 Å². The summed E-state index contributed by atoms with van der Waals surface area (Å²) in [6, 6.07) is 9.00. The summed E-state index contributed by atoms with van der Waals surface area (Å²) < 4.78 is 77.2. The van der Waals surface area contributed by atoms with Crippen molar-refractivity contribution in [1.82, 2.24) is 10.6 Å². The minimum absolute atomic E-state index is 0.136. The second kappa shape index (κ2) is 10.2. The largest absolute Gasteiger partial charge is 0.416 e. The topological polar surface area (TPSA) is 116 Å². The van der Waals surface area contributed by atoms with E-state index in [-0.39, 0.29) is 11.6 Å². The molecule has 0 spiro atoms. The average Bonchev–Trinajstić information content (AvgIpc) is 2.72. The van der Waals surface area contributed by atoms with Crippen LogP contribution in [0, 0.1) is 17.1 Å². The Balaban J connectivity index is 2.22. The number of hydrogen-bond donors (Lipinski definition) is 2. The van der Waals surface area contributed by atoms with Crippen molar-refractivity contribution in [3.8, 4) is 6.07 Å². The second-order valence-corrected chi connectivity index (χ2v) is 8.74. The number of benzene rings is 2. The van der Waals surface area contributed by atoms with Crippen molar-refractivity contribution in [3.63, 3.8) is 0 Å². The van der Waals surface area contributed by atoms with Crippen LogP contribution >= 0.6 is 0 Å². The third kappa shape index (κ3) is 7.05. The van der Waals surface area contributed by atoms with E-state index in [0.717, 1.165) is 0 Å². The van der Waals surface area contributed by atoms with Crippen LogP contribution in [-0.4, -0.2) is 38.6 Å². The number of rotatable bonds is 8. The summed E-state index contributed by atoms with van der Waals surface area (Å²) in [6.07, 6.45) is -4.80. The Labute approximate surface area is 181 Å². The zero-order valence-corrected chi connectivity index (χ0v) is 17.1. The van der Waals surface area contributed by atoms with Crippen LogP contribution in [0.15, 0.2) is 48.5 Å². The molecule has 12 heteroatoms. The Kier molecular flexibility index (Phi) is 7.93. The van der Waals surface area contributed by atoms with Gasteiger partial charge in [-0.3, -0.25) is 9.59 Å². The zero-order valence-electron chi connectivity index (χ0n) is 16.3. The molecule has 0 aliphatic heterocycles. The zero-order chi connectivity index (χ0) is 23.9. The first-order valence-corrected chi connectivity index (χ1v) is 10.8. The molecule has 1 atom stereocenters. The summed E-state index contributed by atoms with van der Waals surface area (Å²) in [5, 5.41) is 13.0. The Hall–Kier alpha value is -3.46. The lowest BCUT2D eigenvalue weighted by molar-refractivity contribution is -0.137. The molecule has 0 radical (unpaired) electrons. The molecule has 170 valence electrons. The first-order valence-electron chi connectivity index (χ1n) is 8.99. The standard InChI is InChI=1S/C20H17F4N3O4S/c21-16-10-15(20(22,23)24)7-6-14(16)11-32(30,31)12-17(19(29)26-9-8-25)27-18(28)13-4-2-1-3-5-13/h1-7,10,17H,9,11-12H2,(H,26,29)(H,27,28). The van der Waals surface area contributed by atoms with Crippen molar-refractivity contribution < 1.29 is 35.6 Å². The van der Waals surface area contributed by atoms with Crippen molar-refractivity contribution in [2.24, 2.45) is 0 Å². The molecule has 0 aliphatic carbocycles. The molecule has 32 heavy (non-hydrogen) atoms. The summed E-state index contributed by atoms with van der Waals surface area (Å²) in [6.45, 7) is -0.454. The molecule has 2 aromatic carbocycles. The number of carbonyl (C=O) groups is 2. The van der Waals surface area contributed by atoms with Gasteiger partial charge in [-0.2, -0.15) is 18.4 Å². The molecule has 0 saturated heterocycles. The van der Waals surface area contributed by atoms with Gasteiger partial charge in [-0.25, -0.2) is 12.8 Å². The summed E-state index contributed by atoms with van der Waals surface area (Å²) in [4.78, 5) is 24.6. The number of amides is 2. The molecule has 2 rings (SSSR count). The van der Waals surface area contributed by atoms with Gasteiger partial charge in [0.2, 0.25) is 5.91 Å². The lowest BCUT2D eigenvalue weighted by atomic mass is 10.1. The van der Waals surface area contributed by atoms with Crippen LogP contribution in [0.25, 0.3) is 0 Å². The van der Waals surface area contributed by atoms with Gasteiger partial charge in [-0.15, -0.1) is 0 Å². The van der Waals surface area contributed by atoms with Gasteiger partial charge in [0.1, 0.15) is 18.4 Å². The quantitative estimate of drug-likeness (QED) is 0.452. The van der Waals surface area contributed by atoms with Crippen molar-refractivity contribution in [1.29, 1.82) is 5.26 Å². The number of carbonyl (C=O) groups excluding carboxylic acids is 2. The highest BCUT2D eigenvalue weighted by Crippen LogP contribution is 2.30. The van der Waals surface area contributed by atoms with Crippen LogP contribution in [0.5, 0.6) is 0 Å². The molecular weight excluding hydrogens is 454 g/mol. The molecule has 2 amide bonds. The highest BCUT2D eigenvalue weighted by molar-refractivity contribution is 7.90. The van der Waals surface area contributed by atoms with E-state index in [1.807, 2.05) is 0 Å². The van der Waals surface area contributed by atoms with Gasteiger partial charge >= 0.3 is 6.18 Å². The normalized spacial score (nSPS) is 12.5. The van der Waals surface area contributed by atoms with Gasteiger partial charge in [0, 0.05) is 11.1 Å². The Bertz CT molecular complexity index is 1130. The molecule has 7 nitrogen and oxygen atoms in total. The van der Waals surface area contributed by atoms with Crippen molar-refractivity contribution in [3.05, 3.63) is 71.0 Å². The highest BCUT2D eigenvalue weighted by Gasteiger charge is 2.32. The van der Waals surface area contributed by atoms with E-state index in [0.29, 0.717) is 12.1 Å². The predicted octanol–water partition coefficient (Wildman–Crippen LogP) is 2.20. The number of nitriles is 1. The molecule has 0 aliphatic rings. The average molecular weight is 471 g/mol. The predicted molar refractivity (Wildman–Crippen MR) is 105 cm³/mol. The third-order valence-corrected chi connectivity index (χ3v) is 5.77. The maximum atomic E-state index is 14.1. The molecule has 1 unspecified atom stereocenters. The van der Waals surface area contributed by atoms with E-state index in [2.05, 4.69) is 10.6 Å². The third-order valence-electron chi connectivity index (χ3n) is 4.18. The molecule has 2 N–H and O–H groups in total. The Morgan fingerprint density at radius 2 is 1.75 bits per heavy atom. The molecule has 0 saturated carbocycles. The maximum absolute atomic E-state index is 14.1. The van der Waals surface area contributed by atoms with Crippen LogP contribution in [0.2, 0.25) is 0 Å². The molecule has 0 fully saturated rings. The molecule has 0 bridgehead atoms. The van der Waals surface area contributed by atoms with Crippen LogP contribution in [-0.2, 0) is 26.6 Å². The van der Waals surface area contributed by atoms with Crippen LogP contribution in [0.3, 0.4) is 0 Å². The van der Waals surface area contributed by atoms with E-state index in [9.17, 15) is 35.6 Å². The maximum Gasteiger partial charge on any atom is 0.416 e. The van der Waals surface area contributed by atoms with E-state index in [4.69, 9.17) is 5.26 Å². The minimum atomic E-state index is -4.80. The lowest BCUT2D eigenvalue weighted by Crippen LogP contribution is -2.50. The summed E-state index contributed by atoms with van der Waals surface area (Å²) in [5.74, 6) is -5.07. The first kappa shape index (κ1) is 24.8. The fraction of sp³-hybridized carbons (Fsp3) is 0.250. The van der Waals surface area contributed by atoms with Gasteiger partial charge in [-0.05, 0) is 24.3 Å². The number of hydrogen-bond acceptors (Lipinski definition) is 5. The van der Waals surface area contributed by atoms with Crippen LogP contribution in [0.1, 0.15) is 21.5 Å². The highest BCUT2D eigenvalue weighted by atomic mass is 32.2. The van der Waals surface area contributed by atoms with Crippen LogP contribution in [0.4, 0.5) is 17.6 Å². The smallest absolute Gasteiger partial charge is 0.341 e. The van der Waals surface area contributed by atoms with Gasteiger partial charge in [0.25, 0.3) is 5.91 Å². The number of nitrogens with zero attached hydrogens (tertiary/aromatic N) is 1. The minimum Gasteiger partial charge on any atom is -0.341 e. The first-order chi connectivity index (χ1) is 14.9. The number of halogens is 4. The Morgan fingerprint density at radius 1 is 1.09 bits per heavy atom. The van der Waals surface area contributed by atoms with Crippen molar-refractivity contribution in [2.75, 3.05) is 12.3 Å². The Morgan fingerprint density at radius 3 is 2.31 bits per heavy atom. The molecule has 0 heterocycles. The summed E-state index contributed by atoms with van der Waals surface area (Å²) >= 11 is 0. The fourth-order valence-corrected chi connectivity index (χ4v) is 4.22. The molecule has 0 aromatic heterocycles. The van der Waals surface area contributed by atoms with Gasteiger partial charge < -0.3 is 10.6 Å². The molecular formula is C20H17F4N3O4S. The van der Waals surface area contributed by atoms with E-state index >= 15 is 0 Å². The number of alkyl halides is 3. The SMILES string of the molecule is N#CCNC(=O)C(CS(=O)(=O)Cc1ccc(C(F)(F)F)cc1F)NC(=O)c1ccccc1. The van der Waals surface area contributed by atoms with Crippen molar-refractivity contribution in [2.45, 2.75) is 18.0 Å². The monoisotopic (exact) mass is 471 g/mol. The fourth-order valence-electron chi connectivity index (χ4n) is 2.65. The van der Waals surface area contributed by atoms with Crippen molar-refractivity contribution >= 4 is 21.7 Å². The number of sulfone groups is 1. The summed E-state index contributed by atoms with van der Waals surface area (Å²) in [7, 11) is -4.28. The lowest BCUT2D eigenvalue weighted by Gasteiger charge is -2.18. The van der Waals surface area contributed by atoms with Gasteiger partial charge in [-0.1, -0.05) is 24.3 Å². The van der Waals surface area contributed by atoms with E-state index in [1.165, 1.54) is 12.1 Å². The van der Waals surface area contributed by atoms with Gasteiger partial charge in [0.15, 0.2) is 9.84 Å². The van der Waals surface area contributed by atoms with E-state index < -0.39 is 68.9 Å². The van der Waals surface area contributed by atoms with E-state index in [1.54, 1.807) is 24.3 Å². The summed E-state index contributed by atoms with van der Waals surface area (Å²) in [5.41, 5.74) is -1.67. The second-order valence-electron chi connectivity index (χ2n) is 6.63. The number of nitrogens with one attached hydrogen (secondary N) is 2. The molecule has 2 aromatic rings.